The highest BCUT2D eigenvalue weighted by Gasteiger charge is 2.34. The Labute approximate surface area is 238 Å². The first-order valence-electron chi connectivity index (χ1n) is 13.4. The van der Waals surface area contributed by atoms with Crippen LogP contribution >= 0.6 is 0 Å². The molecule has 3 aromatic rings. The van der Waals surface area contributed by atoms with E-state index in [2.05, 4.69) is 5.32 Å². The highest BCUT2D eigenvalue weighted by atomic mass is 32.2. The number of nitrogens with one attached hydrogen (secondary N) is 1. The topological polar surface area (TPSA) is 96.0 Å². The minimum atomic E-state index is -4.11. The van der Waals surface area contributed by atoms with Crippen LogP contribution in [0, 0.1) is 13.8 Å². The molecule has 0 aliphatic heterocycles. The average Bonchev–Trinajstić information content (AvgIpc) is 2.93. The molecule has 3 rings (SSSR count). The number of methoxy groups -OCH3 is 1. The van der Waals surface area contributed by atoms with Gasteiger partial charge < -0.3 is 15.0 Å². The van der Waals surface area contributed by atoms with Crippen LogP contribution < -0.4 is 14.4 Å². The van der Waals surface area contributed by atoms with E-state index in [0.29, 0.717) is 23.4 Å². The number of rotatable bonds is 12. The van der Waals surface area contributed by atoms with Crippen LogP contribution in [0.3, 0.4) is 0 Å². The van der Waals surface area contributed by atoms with E-state index in [1.807, 2.05) is 58.9 Å². The fourth-order valence-corrected chi connectivity index (χ4v) is 5.98. The van der Waals surface area contributed by atoms with Gasteiger partial charge in [-0.25, -0.2) is 8.42 Å². The Hall–Kier alpha value is -3.85. The van der Waals surface area contributed by atoms with Crippen molar-refractivity contribution < 1.29 is 22.7 Å². The van der Waals surface area contributed by atoms with Gasteiger partial charge in [0.2, 0.25) is 11.8 Å². The summed E-state index contributed by atoms with van der Waals surface area (Å²) < 4.78 is 34.5. The molecule has 0 saturated carbocycles. The SMILES string of the molecule is CC[C@@H](C(=O)NC(C)C)N(Cc1cccc(OC)c1)C(=O)CN(c1cc(C)ccc1C)S(=O)(=O)c1ccccc1. The molecule has 0 unspecified atom stereocenters. The summed E-state index contributed by atoms with van der Waals surface area (Å²) in [4.78, 5) is 29.0. The molecular weight excluding hydrogens is 526 g/mol. The van der Waals surface area contributed by atoms with Crippen molar-refractivity contribution in [2.24, 2.45) is 0 Å². The molecule has 0 bridgehead atoms. The van der Waals surface area contributed by atoms with Gasteiger partial charge in [-0.15, -0.1) is 0 Å². The van der Waals surface area contributed by atoms with Crippen LogP contribution in [0.5, 0.6) is 5.75 Å². The summed E-state index contributed by atoms with van der Waals surface area (Å²) in [5, 5.41) is 2.91. The monoisotopic (exact) mass is 565 g/mol. The normalized spacial score (nSPS) is 12.1. The van der Waals surface area contributed by atoms with Crippen LogP contribution in [0.1, 0.15) is 43.9 Å². The van der Waals surface area contributed by atoms with Crippen LogP contribution in [0.2, 0.25) is 0 Å². The fraction of sp³-hybridized carbons (Fsp3) is 0.355. The predicted octanol–water partition coefficient (Wildman–Crippen LogP) is 4.84. The van der Waals surface area contributed by atoms with Gasteiger partial charge in [0.15, 0.2) is 0 Å². The lowest BCUT2D eigenvalue weighted by Gasteiger charge is -2.34. The number of benzene rings is 3. The van der Waals surface area contributed by atoms with Gasteiger partial charge in [0, 0.05) is 12.6 Å². The Kier molecular flexibility index (Phi) is 10.3. The molecule has 8 nitrogen and oxygen atoms in total. The van der Waals surface area contributed by atoms with Crippen molar-refractivity contribution >= 4 is 27.5 Å². The summed E-state index contributed by atoms with van der Waals surface area (Å²) in [6.07, 6.45) is 0.350. The predicted molar refractivity (Wildman–Crippen MR) is 158 cm³/mol. The van der Waals surface area contributed by atoms with Crippen LogP contribution in [0.15, 0.2) is 77.7 Å². The molecule has 0 radical (unpaired) electrons. The third-order valence-electron chi connectivity index (χ3n) is 6.55. The molecule has 40 heavy (non-hydrogen) atoms. The summed E-state index contributed by atoms with van der Waals surface area (Å²) >= 11 is 0. The van der Waals surface area contributed by atoms with Gasteiger partial charge in [-0.2, -0.15) is 0 Å². The third kappa shape index (κ3) is 7.41. The number of carbonyl (C=O) groups excluding carboxylic acids is 2. The number of amides is 2. The van der Waals surface area contributed by atoms with Crippen LogP contribution in [-0.4, -0.2) is 50.9 Å². The van der Waals surface area contributed by atoms with E-state index < -0.39 is 28.5 Å². The van der Waals surface area contributed by atoms with E-state index in [-0.39, 0.29) is 23.4 Å². The third-order valence-corrected chi connectivity index (χ3v) is 8.32. The Morgan fingerprint density at radius 3 is 2.27 bits per heavy atom. The average molecular weight is 566 g/mol. The molecule has 0 aliphatic rings. The Morgan fingerprint density at radius 2 is 1.65 bits per heavy atom. The van der Waals surface area contributed by atoms with Gasteiger partial charge >= 0.3 is 0 Å². The first-order chi connectivity index (χ1) is 19.0. The summed E-state index contributed by atoms with van der Waals surface area (Å²) in [7, 11) is -2.55. The minimum Gasteiger partial charge on any atom is -0.497 e. The van der Waals surface area contributed by atoms with E-state index in [0.717, 1.165) is 15.4 Å². The lowest BCUT2D eigenvalue weighted by molar-refractivity contribution is -0.140. The Balaban J connectivity index is 2.10. The molecule has 0 spiro atoms. The highest BCUT2D eigenvalue weighted by Crippen LogP contribution is 2.29. The number of hydrogen-bond donors (Lipinski definition) is 1. The first-order valence-corrected chi connectivity index (χ1v) is 14.8. The van der Waals surface area contributed by atoms with Crippen molar-refractivity contribution in [2.75, 3.05) is 18.0 Å². The van der Waals surface area contributed by atoms with Crippen LogP contribution in [-0.2, 0) is 26.2 Å². The lowest BCUT2D eigenvalue weighted by atomic mass is 10.1. The van der Waals surface area contributed by atoms with Crippen molar-refractivity contribution in [1.82, 2.24) is 10.2 Å². The molecule has 0 aromatic heterocycles. The molecule has 1 atom stereocenters. The second-order valence-electron chi connectivity index (χ2n) is 10.1. The van der Waals surface area contributed by atoms with E-state index >= 15 is 0 Å². The van der Waals surface area contributed by atoms with Crippen LogP contribution in [0.4, 0.5) is 5.69 Å². The molecule has 0 aliphatic carbocycles. The van der Waals surface area contributed by atoms with Gasteiger partial charge in [0.1, 0.15) is 18.3 Å². The van der Waals surface area contributed by atoms with Crippen LogP contribution in [0.25, 0.3) is 0 Å². The fourth-order valence-electron chi connectivity index (χ4n) is 4.49. The maximum Gasteiger partial charge on any atom is 0.264 e. The van der Waals surface area contributed by atoms with E-state index in [4.69, 9.17) is 4.74 Å². The molecule has 0 saturated heterocycles. The number of hydrogen-bond acceptors (Lipinski definition) is 5. The molecule has 0 fully saturated rings. The smallest absolute Gasteiger partial charge is 0.264 e. The Bertz CT molecular complexity index is 1420. The van der Waals surface area contributed by atoms with Crippen molar-refractivity contribution in [3.63, 3.8) is 0 Å². The first kappa shape index (κ1) is 30.7. The quantitative estimate of drug-likeness (QED) is 0.339. The summed E-state index contributed by atoms with van der Waals surface area (Å²) in [6, 6.07) is 19.9. The summed E-state index contributed by atoms with van der Waals surface area (Å²) in [5.41, 5.74) is 2.74. The molecule has 214 valence electrons. The second-order valence-corrected chi connectivity index (χ2v) is 11.9. The van der Waals surface area contributed by atoms with E-state index in [1.54, 1.807) is 43.5 Å². The van der Waals surface area contributed by atoms with Gasteiger partial charge in [-0.05, 0) is 81.1 Å². The summed E-state index contributed by atoms with van der Waals surface area (Å²) in [6.45, 7) is 8.85. The standard InChI is InChI=1S/C31H39N3O5S/c1-7-28(31(36)32-22(2)3)33(20-25-12-11-13-26(19-25)39-6)30(35)21-34(29-18-23(4)16-17-24(29)5)40(37,38)27-14-9-8-10-15-27/h8-19,22,28H,7,20-21H2,1-6H3,(H,32,36)/t28-/m0/s1. The number of anilines is 1. The Morgan fingerprint density at radius 1 is 0.950 bits per heavy atom. The molecule has 3 aromatic carbocycles. The highest BCUT2D eigenvalue weighted by molar-refractivity contribution is 7.92. The zero-order valence-electron chi connectivity index (χ0n) is 24.0. The zero-order valence-corrected chi connectivity index (χ0v) is 24.9. The number of aryl methyl sites for hydroxylation is 2. The molecule has 0 heterocycles. The summed E-state index contributed by atoms with van der Waals surface area (Å²) in [5.74, 6) is -0.166. The van der Waals surface area contributed by atoms with Crippen molar-refractivity contribution in [1.29, 1.82) is 0 Å². The van der Waals surface area contributed by atoms with Crippen molar-refractivity contribution in [3.8, 4) is 5.75 Å². The van der Waals surface area contributed by atoms with Gasteiger partial charge in [-0.1, -0.05) is 49.4 Å². The van der Waals surface area contributed by atoms with Crippen molar-refractivity contribution in [3.05, 3.63) is 89.5 Å². The number of carbonyl (C=O) groups is 2. The molecule has 1 N–H and O–H groups in total. The minimum absolute atomic E-state index is 0.0765. The maximum absolute atomic E-state index is 14.2. The van der Waals surface area contributed by atoms with Gasteiger partial charge in [0.25, 0.3) is 10.0 Å². The largest absolute Gasteiger partial charge is 0.497 e. The number of nitrogens with zero attached hydrogens (tertiary/aromatic N) is 2. The number of sulfonamides is 1. The molecular formula is C31H39N3O5S. The molecule has 2 amide bonds. The zero-order chi connectivity index (χ0) is 29.4. The van der Waals surface area contributed by atoms with Crippen molar-refractivity contribution in [2.45, 2.75) is 64.6 Å². The molecule has 9 heteroatoms. The van der Waals surface area contributed by atoms with Gasteiger partial charge in [-0.3, -0.25) is 13.9 Å². The van der Waals surface area contributed by atoms with E-state index in [9.17, 15) is 18.0 Å². The second kappa shape index (κ2) is 13.5. The lowest BCUT2D eigenvalue weighted by Crippen LogP contribution is -2.53. The maximum atomic E-state index is 14.2. The number of ether oxygens (including phenoxy) is 1. The van der Waals surface area contributed by atoms with E-state index in [1.165, 1.54) is 17.0 Å². The van der Waals surface area contributed by atoms with Gasteiger partial charge in [0.05, 0.1) is 17.7 Å².